The Kier molecular flexibility index (Phi) is 9.55. The van der Waals surface area contributed by atoms with Crippen LogP contribution < -0.4 is 16.0 Å². The van der Waals surface area contributed by atoms with Crippen LogP contribution in [0.3, 0.4) is 0 Å². The largest absolute Gasteiger partial charge is 0.388 e. The minimum Gasteiger partial charge on any atom is -0.388 e. The summed E-state index contributed by atoms with van der Waals surface area (Å²) in [6, 6.07) is 5.68. The van der Waals surface area contributed by atoms with Crippen molar-refractivity contribution in [3.63, 3.8) is 0 Å². The molecule has 162 valence electrons. The Balaban J connectivity index is 0.000000302. The molecule has 10 heteroatoms. The van der Waals surface area contributed by atoms with Crippen molar-refractivity contribution in [2.45, 2.75) is 26.8 Å². The monoisotopic (exact) mass is 452 g/mol. The maximum atomic E-state index is 11.4. The molecule has 3 N–H and O–H groups in total. The van der Waals surface area contributed by atoms with Crippen LogP contribution in [-0.2, 0) is 17.8 Å². The molecule has 1 aliphatic heterocycles. The molecule has 3 aromatic rings. The molecule has 0 unspecified atom stereocenters. The Morgan fingerprint density at radius 3 is 2.53 bits per heavy atom. The van der Waals surface area contributed by atoms with Gasteiger partial charge in [0.1, 0.15) is 11.5 Å². The van der Waals surface area contributed by atoms with Gasteiger partial charge in [0.15, 0.2) is 0 Å². The zero-order chi connectivity index (χ0) is 20.1. The van der Waals surface area contributed by atoms with Crippen LogP contribution in [0.5, 0.6) is 0 Å². The number of pyridine rings is 2. The predicted molar refractivity (Wildman–Crippen MR) is 124 cm³/mol. The number of carbonyl (C=O) groups excluding carboxylic acids is 2. The van der Waals surface area contributed by atoms with Crippen molar-refractivity contribution in [3.8, 4) is 0 Å². The van der Waals surface area contributed by atoms with Gasteiger partial charge < -0.3 is 16.0 Å². The maximum absolute atomic E-state index is 11.4. The summed E-state index contributed by atoms with van der Waals surface area (Å²) in [6.45, 7) is 4.41. The first-order chi connectivity index (χ1) is 13.5. The van der Waals surface area contributed by atoms with Crippen LogP contribution in [0.2, 0.25) is 0 Å². The second kappa shape index (κ2) is 11.4. The molecule has 0 bridgehead atoms. The van der Waals surface area contributed by atoms with Gasteiger partial charge in [-0.05, 0) is 30.2 Å². The molecule has 8 nitrogen and oxygen atoms in total. The van der Waals surface area contributed by atoms with E-state index in [1.54, 1.807) is 12.4 Å². The predicted octanol–water partition coefficient (Wildman–Crippen LogP) is 3.27. The van der Waals surface area contributed by atoms with Crippen LogP contribution in [0.25, 0.3) is 11.0 Å². The molecule has 30 heavy (non-hydrogen) atoms. The number of halogens is 2. The molecule has 1 aliphatic rings. The van der Waals surface area contributed by atoms with Gasteiger partial charge in [0.2, 0.25) is 11.8 Å². The van der Waals surface area contributed by atoms with Gasteiger partial charge in [0, 0.05) is 69.2 Å². The average molecular weight is 453 g/mol. The molecule has 0 spiro atoms. The van der Waals surface area contributed by atoms with Crippen LogP contribution in [0.1, 0.15) is 29.8 Å². The number of anilines is 2. The third-order valence-corrected chi connectivity index (χ3v) is 4.54. The number of hydrogen-bond donors (Lipinski definition) is 3. The maximum Gasteiger partial charge on any atom is 0.229 e. The van der Waals surface area contributed by atoms with Gasteiger partial charge in [-0.1, -0.05) is 0 Å². The molecule has 0 fully saturated rings. The normalized spacial score (nSPS) is 11.0. The molecule has 0 radical (unpaired) electrons. The fraction of sp³-hybridized carbons (Fsp3) is 0.300. The lowest BCUT2D eigenvalue weighted by atomic mass is 10.2. The highest BCUT2D eigenvalue weighted by Gasteiger charge is 2.13. The SMILES string of the molecule is CC(=O)NCc1ccnc2c1ccn2C(C)=O.CNc1ccnc2c1CCN2.Cl.Cl. The first kappa shape index (κ1) is 25.2. The first-order valence-corrected chi connectivity index (χ1v) is 9.11. The van der Waals surface area contributed by atoms with Crippen molar-refractivity contribution in [1.29, 1.82) is 0 Å². The van der Waals surface area contributed by atoms with Crippen molar-refractivity contribution in [3.05, 3.63) is 47.9 Å². The van der Waals surface area contributed by atoms with Crippen LogP contribution in [-0.4, -0.2) is 39.9 Å². The zero-order valence-corrected chi connectivity index (χ0v) is 18.7. The minimum absolute atomic E-state index is 0. The summed E-state index contributed by atoms with van der Waals surface area (Å²) < 4.78 is 1.49. The Labute approximate surface area is 187 Å². The number of hydrogen-bond acceptors (Lipinski definition) is 6. The van der Waals surface area contributed by atoms with Gasteiger partial charge >= 0.3 is 0 Å². The highest BCUT2D eigenvalue weighted by molar-refractivity contribution is 5.90. The second-order valence-corrected chi connectivity index (χ2v) is 6.43. The van der Waals surface area contributed by atoms with Crippen LogP contribution >= 0.6 is 24.8 Å². The Morgan fingerprint density at radius 1 is 1.13 bits per heavy atom. The molecule has 4 rings (SSSR count). The Hall–Kier alpha value is -2.84. The number of nitrogens with zero attached hydrogens (tertiary/aromatic N) is 3. The molecule has 3 aromatic heterocycles. The highest BCUT2D eigenvalue weighted by Crippen LogP contribution is 2.26. The summed E-state index contributed by atoms with van der Waals surface area (Å²) in [4.78, 5) is 30.6. The molecule has 0 aromatic carbocycles. The quantitative estimate of drug-likeness (QED) is 0.563. The molecule has 0 atom stereocenters. The van der Waals surface area contributed by atoms with E-state index in [0.717, 1.165) is 29.7 Å². The fourth-order valence-corrected chi connectivity index (χ4v) is 3.16. The van der Waals surface area contributed by atoms with Crippen LogP contribution in [0, 0.1) is 0 Å². The third-order valence-electron chi connectivity index (χ3n) is 4.54. The van der Waals surface area contributed by atoms with E-state index >= 15 is 0 Å². The van der Waals surface area contributed by atoms with Crippen molar-refractivity contribution in [1.82, 2.24) is 19.9 Å². The van der Waals surface area contributed by atoms with Crippen molar-refractivity contribution >= 4 is 59.2 Å². The van der Waals surface area contributed by atoms with E-state index in [0.29, 0.717) is 12.2 Å². The molecule has 0 saturated carbocycles. The van der Waals surface area contributed by atoms with Gasteiger partial charge in [0.05, 0.1) is 0 Å². The Bertz CT molecular complexity index is 1020. The number of amides is 1. The number of fused-ring (bicyclic) bond motifs is 2. The zero-order valence-electron chi connectivity index (χ0n) is 17.1. The van der Waals surface area contributed by atoms with E-state index in [4.69, 9.17) is 0 Å². The van der Waals surface area contributed by atoms with Crippen LogP contribution in [0.15, 0.2) is 36.8 Å². The molecular formula is C20H26Cl2N6O2. The van der Waals surface area contributed by atoms with Gasteiger partial charge in [-0.15, -0.1) is 24.8 Å². The summed E-state index contributed by atoms with van der Waals surface area (Å²) in [5.41, 5.74) is 4.08. The number of aromatic nitrogens is 3. The second-order valence-electron chi connectivity index (χ2n) is 6.43. The summed E-state index contributed by atoms with van der Waals surface area (Å²) in [6.07, 6.45) is 6.23. The number of rotatable bonds is 3. The number of nitrogens with one attached hydrogen (secondary N) is 3. The summed E-state index contributed by atoms with van der Waals surface area (Å²) >= 11 is 0. The van der Waals surface area contributed by atoms with E-state index < -0.39 is 0 Å². The van der Waals surface area contributed by atoms with Gasteiger partial charge in [0.25, 0.3) is 0 Å². The molecule has 4 heterocycles. The highest BCUT2D eigenvalue weighted by atomic mass is 35.5. The lowest BCUT2D eigenvalue weighted by Crippen LogP contribution is -2.19. The van der Waals surface area contributed by atoms with Crippen LogP contribution in [0.4, 0.5) is 11.5 Å². The lowest BCUT2D eigenvalue weighted by Gasteiger charge is -2.04. The van der Waals surface area contributed by atoms with E-state index in [1.165, 1.54) is 29.7 Å². The molecule has 1 amide bonds. The topological polar surface area (TPSA) is 101 Å². The lowest BCUT2D eigenvalue weighted by molar-refractivity contribution is -0.119. The van der Waals surface area contributed by atoms with Gasteiger partial charge in [-0.25, -0.2) is 9.97 Å². The molecule has 0 aliphatic carbocycles. The van der Waals surface area contributed by atoms with E-state index in [2.05, 4.69) is 25.9 Å². The van der Waals surface area contributed by atoms with Crippen molar-refractivity contribution < 1.29 is 9.59 Å². The molecular weight excluding hydrogens is 427 g/mol. The molecule has 0 saturated heterocycles. The van der Waals surface area contributed by atoms with E-state index in [-0.39, 0.29) is 36.6 Å². The average Bonchev–Trinajstić information content (AvgIpc) is 3.33. The van der Waals surface area contributed by atoms with E-state index in [1.807, 2.05) is 31.4 Å². The van der Waals surface area contributed by atoms with E-state index in [9.17, 15) is 9.59 Å². The summed E-state index contributed by atoms with van der Waals surface area (Å²) in [7, 11) is 1.94. The van der Waals surface area contributed by atoms with Gasteiger partial charge in [-0.3, -0.25) is 14.2 Å². The summed E-state index contributed by atoms with van der Waals surface area (Å²) in [5.74, 6) is 0.877. The van der Waals surface area contributed by atoms with Crippen molar-refractivity contribution in [2.24, 2.45) is 0 Å². The minimum atomic E-state index is -0.0824. The Morgan fingerprint density at radius 2 is 1.87 bits per heavy atom. The summed E-state index contributed by atoms with van der Waals surface area (Å²) in [5, 5.41) is 9.99. The van der Waals surface area contributed by atoms with Gasteiger partial charge in [-0.2, -0.15) is 0 Å². The van der Waals surface area contributed by atoms with Crippen molar-refractivity contribution in [2.75, 3.05) is 24.2 Å². The smallest absolute Gasteiger partial charge is 0.229 e. The standard InChI is InChI=1S/C12H13N3O2.C8H11N3.2ClH/c1-8(16)14-7-10-3-5-13-12-11(10)4-6-15(12)9(2)17;1-9-7-3-5-11-8-6(7)2-4-10-8;;/h3-6H,7H2,1-2H3,(H,14,16);3,5H,2,4H2,1H3,(H2,9,10,11);2*1H. The fourth-order valence-electron chi connectivity index (χ4n) is 3.16. The third kappa shape index (κ3) is 5.61. The first-order valence-electron chi connectivity index (χ1n) is 9.11. The number of carbonyl (C=O) groups is 2.